The zero-order valence-electron chi connectivity index (χ0n) is 8.40. The van der Waals surface area contributed by atoms with E-state index in [0.29, 0.717) is 19.6 Å². The highest BCUT2D eigenvalue weighted by Crippen LogP contribution is 2.13. The molecule has 2 atom stereocenters. The minimum absolute atomic E-state index is 0.0652. The fourth-order valence-electron chi connectivity index (χ4n) is 1.47. The van der Waals surface area contributed by atoms with Gasteiger partial charge in [-0.1, -0.05) is 0 Å². The van der Waals surface area contributed by atoms with Crippen LogP contribution in [0.4, 0.5) is 0 Å². The SMILES string of the molecule is CC1CNCCN1S(=O)(=O)C(C)C#N. The maximum atomic E-state index is 11.8. The predicted molar refractivity (Wildman–Crippen MR) is 53.0 cm³/mol. The topological polar surface area (TPSA) is 73.2 Å². The lowest BCUT2D eigenvalue weighted by molar-refractivity contribution is 0.283. The molecule has 6 heteroatoms. The van der Waals surface area contributed by atoms with Crippen molar-refractivity contribution in [1.82, 2.24) is 9.62 Å². The monoisotopic (exact) mass is 217 g/mol. The van der Waals surface area contributed by atoms with E-state index in [1.807, 2.05) is 6.92 Å². The maximum Gasteiger partial charge on any atom is 0.230 e. The molecule has 2 unspecified atom stereocenters. The van der Waals surface area contributed by atoms with Gasteiger partial charge in [-0.2, -0.15) is 9.57 Å². The maximum absolute atomic E-state index is 11.8. The van der Waals surface area contributed by atoms with Crippen molar-refractivity contribution in [2.24, 2.45) is 0 Å². The molecule has 0 aliphatic carbocycles. The van der Waals surface area contributed by atoms with Crippen LogP contribution in [-0.4, -0.2) is 43.6 Å². The molecule has 1 aliphatic heterocycles. The third-order valence-corrected chi connectivity index (χ3v) is 4.59. The first-order valence-corrected chi connectivity index (χ1v) is 6.11. The van der Waals surface area contributed by atoms with Crippen molar-refractivity contribution in [3.8, 4) is 6.07 Å². The van der Waals surface area contributed by atoms with Crippen molar-refractivity contribution in [3.63, 3.8) is 0 Å². The highest BCUT2D eigenvalue weighted by atomic mass is 32.2. The summed E-state index contributed by atoms with van der Waals surface area (Å²) in [5.74, 6) is 0. The van der Waals surface area contributed by atoms with E-state index in [1.54, 1.807) is 6.07 Å². The number of hydrogen-bond donors (Lipinski definition) is 1. The summed E-state index contributed by atoms with van der Waals surface area (Å²) in [7, 11) is -3.43. The van der Waals surface area contributed by atoms with Crippen molar-refractivity contribution in [1.29, 1.82) is 5.26 Å². The summed E-state index contributed by atoms with van der Waals surface area (Å²) in [6.45, 7) is 5.02. The summed E-state index contributed by atoms with van der Waals surface area (Å²) in [4.78, 5) is 0. The first kappa shape index (κ1) is 11.4. The second-order valence-electron chi connectivity index (χ2n) is 3.48. The van der Waals surface area contributed by atoms with Crippen LogP contribution in [0.2, 0.25) is 0 Å². The van der Waals surface area contributed by atoms with Crippen LogP contribution >= 0.6 is 0 Å². The third-order valence-electron chi connectivity index (χ3n) is 2.40. The highest BCUT2D eigenvalue weighted by Gasteiger charge is 2.33. The van der Waals surface area contributed by atoms with E-state index in [1.165, 1.54) is 11.2 Å². The van der Waals surface area contributed by atoms with Crippen LogP contribution in [0, 0.1) is 11.3 Å². The van der Waals surface area contributed by atoms with Gasteiger partial charge in [-0.05, 0) is 13.8 Å². The molecule has 0 aromatic rings. The van der Waals surface area contributed by atoms with Crippen molar-refractivity contribution in [2.45, 2.75) is 25.1 Å². The largest absolute Gasteiger partial charge is 0.314 e. The molecule has 0 aromatic carbocycles. The molecular formula is C8H15N3O2S. The Morgan fingerprint density at radius 1 is 1.64 bits per heavy atom. The number of nitrogens with zero attached hydrogens (tertiary/aromatic N) is 2. The Morgan fingerprint density at radius 3 is 2.79 bits per heavy atom. The molecule has 14 heavy (non-hydrogen) atoms. The summed E-state index contributed by atoms with van der Waals surface area (Å²) in [5.41, 5.74) is 0. The van der Waals surface area contributed by atoms with Crippen LogP contribution in [0.15, 0.2) is 0 Å². The number of hydrogen-bond acceptors (Lipinski definition) is 4. The van der Waals surface area contributed by atoms with E-state index < -0.39 is 15.3 Å². The van der Waals surface area contributed by atoms with Crippen LogP contribution in [0.3, 0.4) is 0 Å². The van der Waals surface area contributed by atoms with Crippen molar-refractivity contribution >= 4 is 10.0 Å². The third kappa shape index (κ3) is 2.05. The van der Waals surface area contributed by atoms with Crippen LogP contribution in [-0.2, 0) is 10.0 Å². The van der Waals surface area contributed by atoms with Crippen molar-refractivity contribution in [2.75, 3.05) is 19.6 Å². The zero-order valence-corrected chi connectivity index (χ0v) is 9.21. The molecule has 0 radical (unpaired) electrons. The predicted octanol–water partition coefficient (Wildman–Crippen LogP) is -0.478. The van der Waals surface area contributed by atoms with Gasteiger partial charge >= 0.3 is 0 Å². The lowest BCUT2D eigenvalue weighted by Gasteiger charge is -2.33. The van der Waals surface area contributed by atoms with Gasteiger partial charge in [-0.15, -0.1) is 0 Å². The summed E-state index contributed by atoms with van der Waals surface area (Å²) in [6, 6.07) is 1.71. The van der Waals surface area contributed by atoms with E-state index in [2.05, 4.69) is 5.32 Å². The van der Waals surface area contributed by atoms with E-state index >= 15 is 0 Å². The van der Waals surface area contributed by atoms with Gasteiger partial charge < -0.3 is 5.32 Å². The molecule has 5 nitrogen and oxygen atoms in total. The van der Waals surface area contributed by atoms with Gasteiger partial charge in [0.1, 0.15) is 0 Å². The van der Waals surface area contributed by atoms with Crippen LogP contribution < -0.4 is 5.32 Å². The van der Waals surface area contributed by atoms with Gasteiger partial charge in [0.05, 0.1) is 6.07 Å². The van der Waals surface area contributed by atoms with Gasteiger partial charge in [-0.3, -0.25) is 0 Å². The van der Waals surface area contributed by atoms with Crippen molar-refractivity contribution in [3.05, 3.63) is 0 Å². The minimum atomic E-state index is -3.43. The number of nitrogens with one attached hydrogen (secondary N) is 1. The summed E-state index contributed by atoms with van der Waals surface area (Å²) >= 11 is 0. The van der Waals surface area contributed by atoms with E-state index in [-0.39, 0.29) is 6.04 Å². The zero-order chi connectivity index (χ0) is 10.8. The first-order valence-electron chi connectivity index (χ1n) is 4.61. The Kier molecular flexibility index (Phi) is 3.48. The number of sulfonamides is 1. The van der Waals surface area contributed by atoms with Gasteiger partial charge in [-0.25, -0.2) is 8.42 Å². The normalized spacial score (nSPS) is 26.8. The number of piperazine rings is 1. The van der Waals surface area contributed by atoms with E-state index in [0.717, 1.165) is 0 Å². The summed E-state index contributed by atoms with van der Waals surface area (Å²) in [6.07, 6.45) is 0. The lowest BCUT2D eigenvalue weighted by atomic mass is 10.3. The Labute approximate surface area is 84.8 Å². The fourth-order valence-corrected chi connectivity index (χ4v) is 2.93. The van der Waals surface area contributed by atoms with Crippen LogP contribution in [0.1, 0.15) is 13.8 Å². The summed E-state index contributed by atoms with van der Waals surface area (Å²) in [5, 5.41) is 10.8. The molecule has 1 aliphatic rings. The molecule has 1 saturated heterocycles. The second-order valence-corrected chi connectivity index (χ2v) is 5.69. The molecule has 0 aromatic heterocycles. The molecule has 1 rings (SSSR count). The average Bonchev–Trinajstić information content (AvgIpc) is 2.17. The summed E-state index contributed by atoms with van der Waals surface area (Å²) < 4.78 is 25.0. The Hall–Kier alpha value is -0.640. The van der Waals surface area contributed by atoms with Gasteiger partial charge in [0, 0.05) is 25.7 Å². The number of rotatable bonds is 2. The standard InChI is InChI=1S/C8H15N3O2S/c1-7-6-10-3-4-11(7)14(12,13)8(2)5-9/h7-8,10H,3-4,6H2,1-2H3. The van der Waals surface area contributed by atoms with Gasteiger partial charge in [0.15, 0.2) is 5.25 Å². The molecule has 0 amide bonds. The highest BCUT2D eigenvalue weighted by molar-refractivity contribution is 7.90. The molecule has 1 heterocycles. The molecule has 1 N–H and O–H groups in total. The molecule has 0 bridgehead atoms. The Balaban J connectivity index is 2.87. The molecular weight excluding hydrogens is 202 g/mol. The Bertz CT molecular complexity index is 333. The van der Waals surface area contributed by atoms with Gasteiger partial charge in [0.25, 0.3) is 0 Å². The van der Waals surface area contributed by atoms with Gasteiger partial charge in [0.2, 0.25) is 10.0 Å². The van der Waals surface area contributed by atoms with Crippen LogP contribution in [0.5, 0.6) is 0 Å². The van der Waals surface area contributed by atoms with Crippen molar-refractivity contribution < 1.29 is 8.42 Å². The fraction of sp³-hybridized carbons (Fsp3) is 0.875. The minimum Gasteiger partial charge on any atom is -0.314 e. The second kappa shape index (κ2) is 4.26. The van der Waals surface area contributed by atoms with E-state index in [9.17, 15) is 8.42 Å². The molecule has 0 spiro atoms. The van der Waals surface area contributed by atoms with Crippen LogP contribution in [0.25, 0.3) is 0 Å². The molecule has 1 fully saturated rings. The Morgan fingerprint density at radius 2 is 2.29 bits per heavy atom. The lowest BCUT2D eigenvalue weighted by Crippen LogP contribution is -2.53. The number of nitriles is 1. The molecule has 0 saturated carbocycles. The molecule has 80 valence electrons. The quantitative estimate of drug-likeness (QED) is 0.678. The van der Waals surface area contributed by atoms with E-state index in [4.69, 9.17) is 5.26 Å². The smallest absolute Gasteiger partial charge is 0.230 e. The first-order chi connectivity index (χ1) is 6.50. The average molecular weight is 217 g/mol.